The van der Waals surface area contributed by atoms with E-state index in [4.69, 9.17) is 11.0 Å². The van der Waals surface area contributed by atoms with Gasteiger partial charge in [0.1, 0.15) is 11.6 Å². The van der Waals surface area contributed by atoms with Gasteiger partial charge in [-0.2, -0.15) is 5.26 Å². The summed E-state index contributed by atoms with van der Waals surface area (Å²) in [5, 5.41) is 11.8. The third-order valence-electron chi connectivity index (χ3n) is 2.21. The van der Waals surface area contributed by atoms with Gasteiger partial charge in [0.15, 0.2) is 0 Å². The second-order valence-corrected chi connectivity index (χ2v) is 3.49. The van der Waals surface area contributed by atoms with Crippen molar-refractivity contribution in [3.63, 3.8) is 0 Å². The molecule has 0 radical (unpaired) electrons. The second-order valence-electron chi connectivity index (χ2n) is 3.49. The van der Waals surface area contributed by atoms with E-state index in [1.165, 1.54) is 6.20 Å². The Bertz CT molecular complexity index is 542. The van der Waals surface area contributed by atoms with E-state index >= 15 is 0 Å². The largest absolute Gasteiger partial charge is 0.382 e. The number of aromatic nitrogens is 2. The van der Waals surface area contributed by atoms with Crippen LogP contribution < -0.4 is 11.1 Å². The number of benzene rings is 1. The topological polar surface area (TPSA) is 87.6 Å². The van der Waals surface area contributed by atoms with Gasteiger partial charge in [0.25, 0.3) is 0 Å². The molecule has 3 N–H and O–H groups in total. The molecule has 5 nitrogen and oxygen atoms in total. The fourth-order valence-corrected chi connectivity index (χ4v) is 1.36. The minimum atomic E-state index is 0.384. The molecule has 0 aliphatic rings. The maximum absolute atomic E-state index is 8.67. The first kappa shape index (κ1) is 10.9. The van der Waals surface area contributed by atoms with Gasteiger partial charge < -0.3 is 11.1 Å². The average Bonchev–Trinajstić information content (AvgIpc) is 2.37. The Labute approximate surface area is 98.9 Å². The van der Waals surface area contributed by atoms with Crippen molar-refractivity contribution >= 4 is 11.6 Å². The molecule has 84 valence electrons. The van der Waals surface area contributed by atoms with Crippen LogP contribution in [-0.4, -0.2) is 9.97 Å². The van der Waals surface area contributed by atoms with Crippen molar-refractivity contribution in [2.24, 2.45) is 0 Å². The number of nitrogens with two attached hydrogens (primary N) is 1. The molecule has 0 aliphatic carbocycles. The van der Waals surface area contributed by atoms with Crippen LogP contribution in [0.15, 0.2) is 36.7 Å². The molecule has 1 aromatic heterocycles. The van der Waals surface area contributed by atoms with Crippen molar-refractivity contribution in [2.45, 2.75) is 6.54 Å². The Kier molecular flexibility index (Phi) is 3.17. The monoisotopic (exact) mass is 225 g/mol. The average molecular weight is 225 g/mol. The van der Waals surface area contributed by atoms with Gasteiger partial charge >= 0.3 is 0 Å². The van der Waals surface area contributed by atoms with Crippen LogP contribution in [0.1, 0.15) is 11.1 Å². The maximum Gasteiger partial charge on any atom is 0.147 e. The fraction of sp³-hybridized carbons (Fsp3) is 0.0833. The molecular formula is C12H11N5. The molecule has 5 heteroatoms. The molecule has 0 bridgehead atoms. The van der Waals surface area contributed by atoms with E-state index in [2.05, 4.69) is 21.4 Å². The van der Waals surface area contributed by atoms with Gasteiger partial charge in [0, 0.05) is 6.54 Å². The highest BCUT2D eigenvalue weighted by Crippen LogP contribution is 2.07. The molecular weight excluding hydrogens is 214 g/mol. The zero-order chi connectivity index (χ0) is 12.1. The van der Waals surface area contributed by atoms with E-state index in [9.17, 15) is 0 Å². The summed E-state index contributed by atoms with van der Waals surface area (Å²) in [7, 11) is 0. The standard InChI is InChI=1S/C12H11N5/c13-5-9-1-3-10(4-2-9)6-16-12-8-15-7-11(14)17-12/h1-4,7-8H,6H2,(H3,14,16,17). The number of hydrogen-bond acceptors (Lipinski definition) is 5. The van der Waals surface area contributed by atoms with Gasteiger partial charge in [-0.25, -0.2) is 4.98 Å². The van der Waals surface area contributed by atoms with E-state index in [1.807, 2.05) is 12.1 Å². The van der Waals surface area contributed by atoms with Crippen LogP contribution in [0.3, 0.4) is 0 Å². The first-order chi connectivity index (χ1) is 8.28. The zero-order valence-corrected chi connectivity index (χ0v) is 9.09. The number of nitriles is 1. The Balaban J connectivity index is 2.00. The molecule has 0 fully saturated rings. The van der Waals surface area contributed by atoms with Crippen molar-refractivity contribution in [1.29, 1.82) is 5.26 Å². The summed E-state index contributed by atoms with van der Waals surface area (Å²) in [6.45, 7) is 0.615. The maximum atomic E-state index is 8.67. The van der Waals surface area contributed by atoms with Crippen LogP contribution in [0.5, 0.6) is 0 Å². The van der Waals surface area contributed by atoms with Crippen LogP contribution in [0.25, 0.3) is 0 Å². The Hall–Kier alpha value is -2.61. The lowest BCUT2D eigenvalue weighted by Crippen LogP contribution is -2.03. The molecule has 0 amide bonds. The molecule has 17 heavy (non-hydrogen) atoms. The Morgan fingerprint density at radius 1 is 1.24 bits per heavy atom. The molecule has 1 heterocycles. The number of anilines is 2. The fourth-order valence-electron chi connectivity index (χ4n) is 1.36. The van der Waals surface area contributed by atoms with E-state index in [0.717, 1.165) is 5.56 Å². The molecule has 0 atom stereocenters. The summed E-state index contributed by atoms with van der Waals surface area (Å²) in [5.41, 5.74) is 7.23. The predicted molar refractivity (Wildman–Crippen MR) is 64.9 cm³/mol. The van der Waals surface area contributed by atoms with E-state index in [1.54, 1.807) is 18.3 Å². The van der Waals surface area contributed by atoms with Crippen molar-refractivity contribution in [2.75, 3.05) is 11.1 Å². The lowest BCUT2D eigenvalue weighted by atomic mass is 10.1. The molecule has 0 unspecified atom stereocenters. The summed E-state index contributed by atoms with van der Waals surface area (Å²) >= 11 is 0. The van der Waals surface area contributed by atoms with E-state index < -0.39 is 0 Å². The van der Waals surface area contributed by atoms with Crippen molar-refractivity contribution in [1.82, 2.24) is 9.97 Å². The number of hydrogen-bond donors (Lipinski definition) is 2. The molecule has 0 saturated carbocycles. The van der Waals surface area contributed by atoms with Crippen molar-refractivity contribution in [3.05, 3.63) is 47.8 Å². The van der Waals surface area contributed by atoms with Crippen LogP contribution in [-0.2, 0) is 6.54 Å². The highest BCUT2D eigenvalue weighted by molar-refractivity contribution is 5.39. The van der Waals surface area contributed by atoms with Crippen LogP contribution in [0.2, 0.25) is 0 Å². The predicted octanol–water partition coefficient (Wildman–Crippen LogP) is 1.54. The second kappa shape index (κ2) is 4.94. The lowest BCUT2D eigenvalue weighted by molar-refractivity contribution is 1.09. The highest BCUT2D eigenvalue weighted by atomic mass is 15.0. The quantitative estimate of drug-likeness (QED) is 0.827. The highest BCUT2D eigenvalue weighted by Gasteiger charge is 1.97. The summed E-state index contributed by atoms with van der Waals surface area (Å²) in [6.07, 6.45) is 3.10. The SMILES string of the molecule is N#Cc1ccc(CNc2cncc(N)n2)cc1. The number of nitrogen functional groups attached to an aromatic ring is 1. The third kappa shape index (κ3) is 2.92. The van der Waals surface area contributed by atoms with Gasteiger partial charge in [-0.15, -0.1) is 0 Å². The molecule has 0 saturated heterocycles. The Morgan fingerprint density at radius 2 is 2.00 bits per heavy atom. The smallest absolute Gasteiger partial charge is 0.147 e. The first-order valence-corrected chi connectivity index (χ1v) is 5.08. The Morgan fingerprint density at radius 3 is 2.65 bits per heavy atom. The van der Waals surface area contributed by atoms with Gasteiger partial charge in [-0.3, -0.25) is 4.98 Å². The van der Waals surface area contributed by atoms with Gasteiger partial charge in [-0.05, 0) is 17.7 Å². The molecule has 1 aromatic carbocycles. The molecule has 0 spiro atoms. The van der Waals surface area contributed by atoms with E-state index in [-0.39, 0.29) is 0 Å². The van der Waals surface area contributed by atoms with Crippen LogP contribution in [0.4, 0.5) is 11.6 Å². The molecule has 2 aromatic rings. The summed E-state index contributed by atoms with van der Waals surface area (Å²) < 4.78 is 0. The van der Waals surface area contributed by atoms with Crippen molar-refractivity contribution in [3.8, 4) is 6.07 Å². The summed E-state index contributed by atoms with van der Waals surface area (Å²) in [4.78, 5) is 8.00. The lowest BCUT2D eigenvalue weighted by Gasteiger charge is -2.05. The van der Waals surface area contributed by atoms with Gasteiger partial charge in [0.2, 0.25) is 0 Å². The van der Waals surface area contributed by atoms with Crippen molar-refractivity contribution < 1.29 is 0 Å². The summed E-state index contributed by atoms with van der Waals surface area (Å²) in [6, 6.07) is 9.42. The zero-order valence-electron chi connectivity index (χ0n) is 9.09. The number of nitrogens with zero attached hydrogens (tertiary/aromatic N) is 3. The van der Waals surface area contributed by atoms with E-state index in [0.29, 0.717) is 23.7 Å². The third-order valence-corrected chi connectivity index (χ3v) is 2.21. The number of rotatable bonds is 3. The minimum Gasteiger partial charge on any atom is -0.382 e. The van der Waals surface area contributed by atoms with Gasteiger partial charge in [-0.1, -0.05) is 12.1 Å². The normalized spacial score (nSPS) is 9.59. The number of nitrogens with one attached hydrogen (secondary N) is 1. The minimum absolute atomic E-state index is 0.384. The summed E-state index contributed by atoms with van der Waals surface area (Å²) in [5.74, 6) is 1.02. The molecule has 2 rings (SSSR count). The molecule has 0 aliphatic heterocycles. The van der Waals surface area contributed by atoms with Crippen LogP contribution >= 0.6 is 0 Å². The van der Waals surface area contributed by atoms with Gasteiger partial charge in [0.05, 0.1) is 24.0 Å². The first-order valence-electron chi connectivity index (χ1n) is 5.08. The van der Waals surface area contributed by atoms with Crippen LogP contribution in [0, 0.1) is 11.3 Å².